The van der Waals surface area contributed by atoms with Crippen LogP contribution < -0.4 is 0 Å². The van der Waals surface area contributed by atoms with Crippen LogP contribution in [0.4, 0.5) is 0 Å². The molecule has 3 aliphatic heterocycles. The lowest BCUT2D eigenvalue weighted by molar-refractivity contribution is -0.155. The maximum Gasteiger partial charge on any atom is 0.249 e. The molecule has 3 amide bonds. The molecule has 0 saturated carbocycles. The normalized spacial score (nSPS) is 30.9. The fourth-order valence-electron chi connectivity index (χ4n) is 6.74. The van der Waals surface area contributed by atoms with Gasteiger partial charge in [-0.05, 0) is 46.0 Å². The van der Waals surface area contributed by atoms with E-state index in [1.807, 2.05) is 41.5 Å². The van der Waals surface area contributed by atoms with E-state index in [0.29, 0.717) is 32.5 Å². The van der Waals surface area contributed by atoms with Crippen molar-refractivity contribution in [3.8, 4) is 0 Å². The van der Waals surface area contributed by atoms with E-state index < -0.39 is 41.2 Å². The lowest BCUT2D eigenvalue weighted by Crippen LogP contribution is -2.62. The van der Waals surface area contributed by atoms with Gasteiger partial charge in [0.1, 0.15) is 11.6 Å². The molecule has 214 valence electrons. The summed E-state index contributed by atoms with van der Waals surface area (Å²) in [5.74, 6) is -1.97. The number of halogens is 1. The zero-order chi connectivity index (χ0) is 28.6. The molecular formula is C29H46BrN3O5. The van der Waals surface area contributed by atoms with Gasteiger partial charge in [-0.3, -0.25) is 14.4 Å². The Bertz CT molecular complexity index is 934. The second-order valence-corrected chi connectivity index (χ2v) is 13.5. The fraction of sp³-hybridized carbons (Fsp3) is 0.759. The number of carbonyl (C=O) groups is 3. The van der Waals surface area contributed by atoms with Crippen LogP contribution in [0.3, 0.4) is 0 Å². The SMILES string of the molecule is C=CCN(CCC)C(=O)[C@H]1[C@H]2C(=O)N([C@@H](CO)CC(C)C)C(C(=O)N(CC=C)C(C)(C)C)C23CC(Br)[C@@H]1O3. The highest BCUT2D eigenvalue weighted by molar-refractivity contribution is 9.09. The Hall–Kier alpha value is -1.71. The number of likely N-dealkylation sites (tertiary alicyclic amines) is 1. The number of aliphatic hydroxyl groups excluding tert-OH is 1. The average Bonchev–Trinajstić information content (AvgIpc) is 3.42. The van der Waals surface area contributed by atoms with E-state index in [4.69, 9.17) is 4.74 Å². The summed E-state index contributed by atoms with van der Waals surface area (Å²) in [5.41, 5.74) is -1.70. The van der Waals surface area contributed by atoms with Gasteiger partial charge in [0.05, 0.1) is 30.6 Å². The number of fused-ring (bicyclic) bond motifs is 1. The lowest BCUT2D eigenvalue weighted by atomic mass is 9.70. The highest BCUT2D eigenvalue weighted by atomic mass is 79.9. The highest BCUT2D eigenvalue weighted by Gasteiger charge is 2.77. The van der Waals surface area contributed by atoms with Gasteiger partial charge in [0.2, 0.25) is 17.7 Å². The van der Waals surface area contributed by atoms with Gasteiger partial charge < -0.3 is 24.5 Å². The van der Waals surface area contributed by atoms with Crippen LogP contribution in [0, 0.1) is 17.8 Å². The van der Waals surface area contributed by atoms with Crippen LogP contribution in [0.15, 0.2) is 25.3 Å². The average molecular weight is 597 g/mol. The lowest BCUT2D eigenvalue weighted by Gasteiger charge is -2.43. The Balaban J connectivity index is 2.17. The van der Waals surface area contributed by atoms with Crippen molar-refractivity contribution in [2.24, 2.45) is 17.8 Å². The second-order valence-electron chi connectivity index (χ2n) is 12.4. The van der Waals surface area contributed by atoms with Gasteiger partial charge in [-0.2, -0.15) is 0 Å². The minimum Gasteiger partial charge on any atom is -0.394 e. The Morgan fingerprint density at radius 2 is 1.87 bits per heavy atom. The van der Waals surface area contributed by atoms with Crippen LogP contribution in [0.25, 0.3) is 0 Å². The molecule has 3 saturated heterocycles. The number of rotatable bonds is 12. The minimum atomic E-state index is -1.16. The molecule has 0 aromatic heterocycles. The van der Waals surface area contributed by atoms with Crippen molar-refractivity contribution < 1.29 is 24.2 Å². The quantitative estimate of drug-likeness (QED) is 0.276. The van der Waals surface area contributed by atoms with E-state index >= 15 is 0 Å². The van der Waals surface area contributed by atoms with Crippen molar-refractivity contribution in [2.45, 2.75) is 95.0 Å². The Morgan fingerprint density at radius 1 is 1.24 bits per heavy atom. The Morgan fingerprint density at radius 3 is 2.37 bits per heavy atom. The van der Waals surface area contributed by atoms with Crippen LogP contribution in [-0.4, -0.2) is 97.9 Å². The molecule has 0 aliphatic carbocycles. The van der Waals surface area contributed by atoms with E-state index in [0.717, 1.165) is 6.42 Å². The molecule has 0 aromatic carbocycles. The number of ether oxygens (including phenoxy) is 1. The number of aliphatic hydroxyl groups is 1. The van der Waals surface area contributed by atoms with Gasteiger partial charge >= 0.3 is 0 Å². The second kappa shape index (κ2) is 11.8. The molecule has 8 nitrogen and oxygen atoms in total. The molecule has 3 aliphatic rings. The number of carbonyl (C=O) groups excluding carboxylic acids is 3. The van der Waals surface area contributed by atoms with Crippen LogP contribution in [0.1, 0.15) is 60.8 Å². The summed E-state index contributed by atoms with van der Waals surface area (Å²) in [6.45, 7) is 20.5. The van der Waals surface area contributed by atoms with Crippen LogP contribution in [0.5, 0.6) is 0 Å². The first kappa shape index (κ1) is 30.8. The zero-order valence-electron chi connectivity index (χ0n) is 23.9. The molecule has 3 unspecified atom stereocenters. The molecule has 3 fully saturated rings. The molecule has 1 N–H and O–H groups in total. The highest BCUT2D eigenvalue weighted by Crippen LogP contribution is 2.61. The number of alkyl halides is 1. The molecule has 7 atom stereocenters. The van der Waals surface area contributed by atoms with Crippen molar-refractivity contribution in [3.05, 3.63) is 25.3 Å². The zero-order valence-corrected chi connectivity index (χ0v) is 25.4. The third-order valence-electron chi connectivity index (χ3n) is 8.14. The van der Waals surface area contributed by atoms with Gasteiger partial charge in [-0.1, -0.05) is 48.9 Å². The van der Waals surface area contributed by atoms with Gasteiger partial charge in [0.15, 0.2) is 0 Å². The van der Waals surface area contributed by atoms with E-state index in [1.54, 1.807) is 26.9 Å². The van der Waals surface area contributed by atoms with Gasteiger partial charge in [0, 0.05) is 30.0 Å². The first-order valence-electron chi connectivity index (χ1n) is 13.9. The summed E-state index contributed by atoms with van der Waals surface area (Å²) in [4.78, 5) is 47.7. The summed E-state index contributed by atoms with van der Waals surface area (Å²) < 4.78 is 6.67. The molecule has 0 aromatic rings. The topological polar surface area (TPSA) is 90.4 Å². The predicted molar refractivity (Wildman–Crippen MR) is 152 cm³/mol. The van der Waals surface area contributed by atoms with E-state index in [1.165, 1.54) is 0 Å². The molecule has 3 heterocycles. The van der Waals surface area contributed by atoms with E-state index in [-0.39, 0.29) is 35.1 Å². The third kappa shape index (κ3) is 5.22. The molecular weight excluding hydrogens is 550 g/mol. The van der Waals surface area contributed by atoms with Gasteiger partial charge in [-0.15, -0.1) is 13.2 Å². The van der Waals surface area contributed by atoms with Crippen molar-refractivity contribution in [1.82, 2.24) is 14.7 Å². The van der Waals surface area contributed by atoms with Crippen molar-refractivity contribution in [2.75, 3.05) is 26.2 Å². The number of hydrogen-bond donors (Lipinski definition) is 1. The predicted octanol–water partition coefficient (Wildman–Crippen LogP) is 3.38. The molecule has 9 heteroatoms. The molecule has 3 rings (SSSR count). The summed E-state index contributed by atoms with van der Waals surface area (Å²) in [7, 11) is 0. The fourth-order valence-corrected chi connectivity index (χ4v) is 7.68. The molecule has 0 radical (unpaired) electrons. The summed E-state index contributed by atoms with van der Waals surface area (Å²) in [5, 5.41) is 10.5. The third-order valence-corrected chi connectivity index (χ3v) is 8.98. The molecule has 38 heavy (non-hydrogen) atoms. The summed E-state index contributed by atoms with van der Waals surface area (Å²) in [6, 6.07) is -1.51. The smallest absolute Gasteiger partial charge is 0.249 e. The van der Waals surface area contributed by atoms with Crippen molar-refractivity contribution in [3.63, 3.8) is 0 Å². The largest absolute Gasteiger partial charge is 0.394 e. The first-order chi connectivity index (χ1) is 17.8. The summed E-state index contributed by atoms with van der Waals surface area (Å²) >= 11 is 3.74. The standard InChI is InChI=1S/C29H46BrN3O5/c1-9-12-31(13-10-2)25(35)21-22-26(36)33(19(17-34)15-18(4)5)24(29(22)16-20(30)23(21)38-29)27(37)32(14-11-3)28(6,7)8/h9,11,18-24,34H,1,3,10,12-17H2,2,4-8H3/t19-,20?,21+,22+,23+,24?,29?/m1/s1. The maximum atomic E-state index is 14.5. The molecule has 1 spiro atoms. The van der Waals surface area contributed by atoms with Gasteiger partial charge in [0.25, 0.3) is 0 Å². The van der Waals surface area contributed by atoms with E-state index in [2.05, 4.69) is 29.1 Å². The number of hydrogen-bond acceptors (Lipinski definition) is 5. The van der Waals surface area contributed by atoms with Crippen LogP contribution in [-0.2, 0) is 19.1 Å². The monoisotopic (exact) mass is 595 g/mol. The van der Waals surface area contributed by atoms with Crippen molar-refractivity contribution in [1.29, 1.82) is 0 Å². The minimum absolute atomic E-state index is 0.141. The molecule has 2 bridgehead atoms. The summed E-state index contributed by atoms with van der Waals surface area (Å²) in [6.07, 6.45) is 4.60. The maximum absolute atomic E-state index is 14.5. The van der Waals surface area contributed by atoms with Crippen LogP contribution in [0.2, 0.25) is 0 Å². The van der Waals surface area contributed by atoms with Crippen molar-refractivity contribution >= 4 is 33.7 Å². The first-order valence-corrected chi connectivity index (χ1v) is 14.8. The number of nitrogens with zero attached hydrogens (tertiary/aromatic N) is 3. The van der Waals surface area contributed by atoms with Gasteiger partial charge in [-0.25, -0.2) is 0 Å². The van der Waals surface area contributed by atoms with E-state index in [9.17, 15) is 19.5 Å². The Kier molecular flexibility index (Phi) is 9.58. The van der Waals surface area contributed by atoms with Crippen LogP contribution >= 0.6 is 15.9 Å². The number of amides is 3. The Labute approximate surface area is 236 Å².